The minimum absolute atomic E-state index is 0.725. The Morgan fingerprint density at radius 3 is 2.72 bits per heavy atom. The second-order valence-corrected chi connectivity index (χ2v) is 4.96. The van der Waals surface area contributed by atoms with Crippen molar-refractivity contribution in [1.82, 2.24) is 19.9 Å². The molecule has 0 aliphatic carbocycles. The molecule has 5 nitrogen and oxygen atoms in total. The van der Waals surface area contributed by atoms with Crippen LogP contribution in [0.2, 0.25) is 0 Å². The molecule has 2 heterocycles. The molecule has 6 heteroatoms. The molecule has 0 saturated carbocycles. The van der Waals surface area contributed by atoms with Crippen LogP contribution in [0.1, 0.15) is 22.8 Å². The van der Waals surface area contributed by atoms with Crippen molar-refractivity contribution in [2.24, 2.45) is 0 Å². The van der Waals surface area contributed by atoms with Gasteiger partial charge in [0.15, 0.2) is 5.16 Å². The van der Waals surface area contributed by atoms with Gasteiger partial charge in [0, 0.05) is 17.9 Å². The van der Waals surface area contributed by atoms with E-state index >= 15 is 0 Å². The number of allylic oxidation sites excluding steroid dienone is 1. The van der Waals surface area contributed by atoms with E-state index in [-0.39, 0.29) is 0 Å². The molecule has 0 saturated heterocycles. The van der Waals surface area contributed by atoms with Crippen molar-refractivity contribution < 1.29 is 4.52 Å². The van der Waals surface area contributed by atoms with E-state index in [1.165, 1.54) is 0 Å². The summed E-state index contributed by atoms with van der Waals surface area (Å²) in [5.41, 5.74) is 2.07. The third kappa shape index (κ3) is 2.48. The number of hydrogen-bond acceptors (Lipinski definition) is 5. The highest BCUT2D eigenvalue weighted by Gasteiger charge is 2.13. The number of aromatic nitrogens is 4. The molecule has 0 atom stereocenters. The van der Waals surface area contributed by atoms with Crippen molar-refractivity contribution in [3.8, 4) is 0 Å². The highest BCUT2D eigenvalue weighted by Crippen LogP contribution is 2.25. The van der Waals surface area contributed by atoms with Gasteiger partial charge in [-0.25, -0.2) is 0 Å². The van der Waals surface area contributed by atoms with Crippen LogP contribution in [0.4, 0.5) is 0 Å². The number of aryl methyl sites for hydroxylation is 3. The molecule has 0 unspecified atom stereocenters. The van der Waals surface area contributed by atoms with E-state index in [1.54, 1.807) is 11.8 Å². The maximum Gasteiger partial charge on any atom is 0.191 e. The van der Waals surface area contributed by atoms with Gasteiger partial charge in [0.05, 0.1) is 5.69 Å². The summed E-state index contributed by atoms with van der Waals surface area (Å²) in [6.45, 7) is 10.3. The van der Waals surface area contributed by atoms with E-state index in [9.17, 15) is 0 Å². The lowest BCUT2D eigenvalue weighted by atomic mass is 10.2. The van der Waals surface area contributed by atoms with Crippen LogP contribution in [0.3, 0.4) is 0 Å². The zero-order valence-electron chi connectivity index (χ0n) is 10.8. The van der Waals surface area contributed by atoms with Crippen molar-refractivity contribution in [3.63, 3.8) is 0 Å². The lowest BCUT2D eigenvalue weighted by molar-refractivity contribution is 0.392. The minimum atomic E-state index is 0.725. The lowest BCUT2D eigenvalue weighted by Crippen LogP contribution is -2.00. The molecule has 0 radical (unpaired) electrons. The molecule has 0 aromatic carbocycles. The summed E-state index contributed by atoms with van der Waals surface area (Å²) in [5.74, 6) is 2.55. The van der Waals surface area contributed by atoms with Gasteiger partial charge in [-0.3, -0.25) is 0 Å². The van der Waals surface area contributed by atoms with Crippen LogP contribution in [0.5, 0.6) is 0 Å². The quantitative estimate of drug-likeness (QED) is 0.614. The van der Waals surface area contributed by atoms with Gasteiger partial charge < -0.3 is 9.09 Å². The van der Waals surface area contributed by atoms with Gasteiger partial charge in [0.2, 0.25) is 0 Å². The molecule has 18 heavy (non-hydrogen) atoms. The molecule has 96 valence electrons. The van der Waals surface area contributed by atoms with E-state index < -0.39 is 0 Å². The number of nitrogens with zero attached hydrogens (tertiary/aromatic N) is 4. The average molecular weight is 264 g/mol. The molecule has 0 bridgehead atoms. The van der Waals surface area contributed by atoms with Crippen LogP contribution in [0.15, 0.2) is 22.3 Å². The molecule has 0 fully saturated rings. The van der Waals surface area contributed by atoms with Crippen LogP contribution in [0, 0.1) is 20.8 Å². The monoisotopic (exact) mass is 264 g/mol. The molecule has 0 spiro atoms. The number of hydrogen-bond donors (Lipinski definition) is 0. The van der Waals surface area contributed by atoms with Crippen molar-refractivity contribution in [3.05, 3.63) is 35.5 Å². The first-order chi connectivity index (χ1) is 8.63. The van der Waals surface area contributed by atoms with Gasteiger partial charge >= 0.3 is 0 Å². The minimum Gasteiger partial charge on any atom is -0.361 e. The molecule has 0 N–H and O–H groups in total. The van der Waals surface area contributed by atoms with Crippen molar-refractivity contribution in [1.29, 1.82) is 0 Å². The van der Waals surface area contributed by atoms with Gasteiger partial charge in [-0.05, 0) is 20.8 Å². The highest BCUT2D eigenvalue weighted by atomic mass is 32.2. The van der Waals surface area contributed by atoms with Gasteiger partial charge in [-0.1, -0.05) is 23.0 Å². The zero-order valence-corrected chi connectivity index (χ0v) is 11.6. The molecular weight excluding hydrogens is 248 g/mol. The molecule has 0 amide bonds. The van der Waals surface area contributed by atoms with E-state index in [4.69, 9.17) is 4.52 Å². The Morgan fingerprint density at radius 1 is 1.33 bits per heavy atom. The van der Waals surface area contributed by atoms with Gasteiger partial charge in [0.1, 0.15) is 11.6 Å². The fourth-order valence-corrected chi connectivity index (χ4v) is 2.80. The van der Waals surface area contributed by atoms with Crippen LogP contribution >= 0.6 is 11.8 Å². The second kappa shape index (κ2) is 5.39. The summed E-state index contributed by atoms with van der Waals surface area (Å²) in [5, 5.41) is 13.1. The Hall–Kier alpha value is -1.56. The summed E-state index contributed by atoms with van der Waals surface area (Å²) < 4.78 is 7.18. The Kier molecular flexibility index (Phi) is 3.86. The smallest absolute Gasteiger partial charge is 0.191 e. The van der Waals surface area contributed by atoms with E-state index in [1.807, 2.05) is 31.4 Å². The lowest BCUT2D eigenvalue weighted by Gasteiger charge is -2.04. The van der Waals surface area contributed by atoms with Gasteiger partial charge in [-0.15, -0.1) is 16.8 Å². The molecule has 2 rings (SSSR count). The Morgan fingerprint density at radius 2 is 2.11 bits per heavy atom. The van der Waals surface area contributed by atoms with Gasteiger partial charge in [-0.2, -0.15) is 0 Å². The first-order valence-corrected chi connectivity index (χ1v) is 6.67. The molecule has 0 aliphatic rings. The maximum atomic E-state index is 5.14. The number of rotatable bonds is 5. The fourth-order valence-electron chi connectivity index (χ4n) is 1.65. The van der Waals surface area contributed by atoms with Crippen LogP contribution in [-0.4, -0.2) is 19.9 Å². The van der Waals surface area contributed by atoms with E-state index in [0.29, 0.717) is 0 Å². The predicted molar refractivity (Wildman–Crippen MR) is 70.5 cm³/mol. The summed E-state index contributed by atoms with van der Waals surface area (Å²) in [6.07, 6.45) is 1.84. The standard InChI is InChI=1S/C12H16N4OS/c1-5-6-16-10(4)13-14-12(16)18-7-11-8(2)15-17-9(11)3/h5H,1,6-7H2,2-4H3. The maximum absolute atomic E-state index is 5.14. The Labute approximate surface area is 110 Å². The Bertz CT molecular complexity index is 539. The zero-order chi connectivity index (χ0) is 13.1. The fraction of sp³-hybridized carbons (Fsp3) is 0.417. The molecule has 0 aliphatic heterocycles. The molecule has 2 aromatic heterocycles. The average Bonchev–Trinajstić information content (AvgIpc) is 2.84. The van der Waals surface area contributed by atoms with E-state index in [2.05, 4.69) is 21.9 Å². The SMILES string of the molecule is C=CCn1c(C)nnc1SCc1c(C)noc1C. The highest BCUT2D eigenvalue weighted by molar-refractivity contribution is 7.98. The number of thioether (sulfide) groups is 1. The summed E-state index contributed by atoms with van der Waals surface area (Å²) in [7, 11) is 0. The van der Waals surface area contributed by atoms with Crippen molar-refractivity contribution in [2.75, 3.05) is 0 Å². The van der Waals surface area contributed by atoms with Crippen molar-refractivity contribution in [2.45, 2.75) is 38.2 Å². The largest absolute Gasteiger partial charge is 0.361 e. The van der Waals surface area contributed by atoms with Crippen LogP contribution in [-0.2, 0) is 12.3 Å². The van der Waals surface area contributed by atoms with Crippen LogP contribution in [0.25, 0.3) is 0 Å². The third-order valence-corrected chi connectivity index (χ3v) is 3.73. The Balaban J connectivity index is 2.13. The first kappa shape index (κ1) is 12.9. The first-order valence-electron chi connectivity index (χ1n) is 5.68. The predicted octanol–water partition coefficient (Wildman–Crippen LogP) is 2.67. The summed E-state index contributed by atoms with van der Waals surface area (Å²) >= 11 is 1.64. The second-order valence-electron chi connectivity index (χ2n) is 4.02. The molecule has 2 aromatic rings. The third-order valence-electron chi connectivity index (χ3n) is 2.74. The normalized spacial score (nSPS) is 10.8. The molecular formula is C12H16N4OS. The summed E-state index contributed by atoms with van der Waals surface area (Å²) in [6, 6.07) is 0. The summed E-state index contributed by atoms with van der Waals surface area (Å²) in [4.78, 5) is 0. The van der Waals surface area contributed by atoms with Crippen LogP contribution < -0.4 is 0 Å². The van der Waals surface area contributed by atoms with Crippen molar-refractivity contribution >= 4 is 11.8 Å². The van der Waals surface area contributed by atoms with E-state index in [0.717, 1.165) is 40.3 Å². The van der Waals surface area contributed by atoms with Gasteiger partial charge in [0.25, 0.3) is 0 Å². The topological polar surface area (TPSA) is 56.7 Å².